The van der Waals surface area contributed by atoms with Gasteiger partial charge in [-0.05, 0) is 19.3 Å². The number of Topliss-reactive ketones (excluding diaryl/α,β-unsaturated/α-hetero) is 1. The summed E-state index contributed by atoms with van der Waals surface area (Å²) in [5.74, 6) is -0.881. The summed E-state index contributed by atoms with van der Waals surface area (Å²) in [5.41, 5.74) is -1.36. The molecule has 0 aromatic heterocycles. The lowest BCUT2D eigenvalue weighted by molar-refractivity contribution is -0.394. The Morgan fingerprint density at radius 2 is 1.57 bits per heavy atom. The van der Waals surface area contributed by atoms with Gasteiger partial charge in [-0.1, -0.05) is 13.8 Å². The molecule has 1 amide bonds. The number of hydrogen-bond acceptors (Lipinski definition) is 6. The summed E-state index contributed by atoms with van der Waals surface area (Å²) in [6.07, 6.45) is 0.401. The highest BCUT2D eigenvalue weighted by Gasteiger charge is 2.23. The molecule has 1 atom stereocenters. The van der Waals surface area contributed by atoms with E-state index >= 15 is 0 Å². The lowest BCUT2D eigenvalue weighted by atomic mass is 10.0. The number of nitro groups is 2. The van der Waals surface area contributed by atoms with Crippen LogP contribution in [-0.4, -0.2) is 27.6 Å². The smallest absolute Gasteiger partial charge is 0.277 e. The van der Waals surface area contributed by atoms with Gasteiger partial charge in [0.1, 0.15) is 0 Å². The van der Waals surface area contributed by atoms with Crippen molar-refractivity contribution in [3.63, 3.8) is 0 Å². The van der Waals surface area contributed by atoms with E-state index < -0.39 is 33.2 Å². The van der Waals surface area contributed by atoms with Gasteiger partial charge in [-0.15, -0.1) is 0 Å². The number of amides is 1. The summed E-state index contributed by atoms with van der Waals surface area (Å²) < 4.78 is 0. The Bertz CT molecular complexity index is 624. The van der Waals surface area contributed by atoms with E-state index in [0.29, 0.717) is 6.42 Å². The largest absolute Gasteiger partial charge is 0.342 e. The van der Waals surface area contributed by atoms with Crippen LogP contribution in [0.15, 0.2) is 18.2 Å². The Kier molecular flexibility index (Phi) is 5.88. The van der Waals surface area contributed by atoms with E-state index in [2.05, 4.69) is 5.32 Å². The first-order valence-electron chi connectivity index (χ1n) is 6.87. The van der Waals surface area contributed by atoms with Crippen LogP contribution in [0.2, 0.25) is 0 Å². The van der Waals surface area contributed by atoms with E-state index in [0.717, 1.165) is 18.2 Å². The van der Waals surface area contributed by atoms with Gasteiger partial charge in [0.25, 0.3) is 17.3 Å². The summed E-state index contributed by atoms with van der Waals surface area (Å²) in [6, 6.07) is 1.90. The number of hydrogen-bond donors (Lipinski definition) is 1. The fourth-order valence-corrected chi connectivity index (χ4v) is 1.98. The molecule has 9 heteroatoms. The first-order chi connectivity index (χ1) is 10.6. The Balaban J connectivity index is 3.13. The van der Waals surface area contributed by atoms with Gasteiger partial charge in [-0.25, -0.2) is 0 Å². The molecule has 9 nitrogen and oxygen atoms in total. The molecule has 124 valence electrons. The normalized spacial score (nSPS) is 11.8. The van der Waals surface area contributed by atoms with Crippen LogP contribution in [0.4, 0.5) is 11.4 Å². The van der Waals surface area contributed by atoms with Crippen molar-refractivity contribution in [1.29, 1.82) is 0 Å². The fourth-order valence-electron chi connectivity index (χ4n) is 1.98. The lowest BCUT2D eigenvalue weighted by Gasteiger charge is -2.17. The highest BCUT2D eigenvalue weighted by molar-refractivity contribution is 5.98. The minimum absolute atomic E-state index is 0.142. The van der Waals surface area contributed by atoms with Crippen LogP contribution >= 0.6 is 0 Å². The minimum atomic E-state index is -0.819. The number of carbonyl (C=O) groups is 2. The van der Waals surface area contributed by atoms with E-state index in [9.17, 15) is 29.8 Å². The molecule has 0 radical (unpaired) electrons. The zero-order valence-corrected chi connectivity index (χ0v) is 12.9. The SMILES string of the molecule is CC(=O)[C@@H](CC(C)C)NC(=O)c1cc([N+](=O)[O-])cc([N+](=O)[O-])c1. The number of carbonyl (C=O) groups excluding carboxylic acids is 2. The fraction of sp³-hybridized carbons (Fsp3) is 0.429. The zero-order valence-electron chi connectivity index (χ0n) is 12.9. The molecular formula is C14H17N3O6. The number of nitro benzene ring substituents is 2. The Morgan fingerprint density at radius 3 is 1.91 bits per heavy atom. The van der Waals surface area contributed by atoms with E-state index in [1.54, 1.807) is 0 Å². The topological polar surface area (TPSA) is 132 Å². The van der Waals surface area contributed by atoms with Crippen LogP contribution in [0.3, 0.4) is 0 Å². The van der Waals surface area contributed by atoms with Crippen molar-refractivity contribution in [2.75, 3.05) is 0 Å². The number of rotatable bonds is 7. The molecule has 0 saturated carbocycles. The van der Waals surface area contributed by atoms with Gasteiger partial charge in [-0.2, -0.15) is 0 Å². The molecule has 0 spiro atoms. The number of nitrogens with zero attached hydrogens (tertiary/aromatic N) is 2. The second-order valence-corrected chi connectivity index (χ2v) is 5.52. The average Bonchev–Trinajstić information content (AvgIpc) is 2.45. The molecule has 0 aliphatic heterocycles. The molecule has 1 N–H and O–H groups in total. The van der Waals surface area contributed by atoms with Crippen molar-refractivity contribution in [3.8, 4) is 0 Å². The van der Waals surface area contributed by atoms with Crippen molar-refractivity contribution in [2.24, 2.45) is 5.92 Å². The van der Waals surface area contributed by atoms with Crippen LogP contribution < -0.4 is 5.32 Å². The number of nitrogens with one attached hydrogen (secondary N) is 1. The van der Waals surface area contributed by atoms with Gasteiger partial charge in [0, 0.05) is 12.1 Å². The Morgan fingerprint density at radius 1 is 1.09 bits per heavy atom. The zero-order chi connectivity index (χ0) is 17.7. The van der Waals surface area contributed by atoms with E-state index in [1.165, 1.54) is 6.92 Å². The highest BCUT2D eigenvalue weighted by atomic mass is 16.6. The maximum Gasteiger partial charge on any atom is 0.277 e. The van der Waals surface area contributed by atoms with E-state index in [4.69, 9.17) is 0 Å². The van der Waals surface area contributed by atoms with Crippen LogP contribution in [0.5, 0.6) is 0 Å². The molecule has 0 saturated heterocycles. The maximum atomic E-state index is 12.2. The van der Waals surface area contributed by atoms with Gasteiger partial charge in [0.2, 0.25) is 0 Å². The van der Waals surface area contributed by atoms with E-state index in [-0.39, 0.29) is 17.3 Å². The predicted octanol–water partition coefficient (Wildman–Crippen LogP) is 2.24. The van der Waals surface area contributed by atoms with Gasteiger partial charge < -0.3 is 5.32 Å². The predicted molar refractivity (Wildman–Crippen MR) is 81.1 cm³/mol. The molecule has 23 heavy (non-hydrogen) atoms. The Hall–Kier alpha value is -2.84. The van der Waals surface area contributed by atoms with Crippen molar-refractivity contribution in [3.05, 3.63) is 44.0 Å². The number of benzene rings is 1. The van der Waals surface area contributed by atoms with E-state index in [1.807, 2.05) is 13.8 Å². The van der Waals surface area contributed by atoms with Gasteiger partial charge in [0.05, 0.1) is 27.5 Å². The minimum Gasteiger partial charge on any atom is -0.342 e. The first-order valence-corrected chi connectivity index (χ1v) is 6.87. The third kappa shape index (κ3) is 5.13. The van der Waals surface area contributed by atoms with Crippen molar-refractivity contribution in [1.82, 2.24) is 5.32 Å². The summed E-state index contributed by atoms with van der Waals surface area (Å²) in [4.78, 5) is 43.8. The lowest BCUT2D eigenvalue weighted by Crippen LogP contribution is -2.40. The average molecular weight is 323 g/mol. The van der Waals surface area contributed by atoms with Gasteiger partial charge in [-0.3, -0.25) is 29.8 Å². The van der Waals surface area contributed by atoms with Gasteiger partial charge >= 0.3 is 0 Å². The standard InChI is InChI=1S/C14H17N3O6/c1-8(2)4-13(9(3)18)15-14(19)10-5-11(16(20)21)7-12(6-10)17(22)23/h5-8,13H,4H2,1-3H3,(H,15,19)/t13-/m1/s1. The molecule has 1 aromatic rings. The molecule has 0 unspecified atom stereocenters. The third-order valence-corrected chi connectivity index (χ3v) is 3.09. The van der Waals surface area contributed by atoms with Crippen LogP contribution in [-0.2, 0) is 4.79 Å². The highest BCUT2D eigenvalue weighted by Crippen LogP contribution is 2.23. The van der Waals surface area contributed by atoms with Crippen LogP contribution in [0, 0.1) is 26.1 Å². The quantitative estimate of drug-likeness (QED) is 0.604. The molecule has 0 heterocycles. The second-order valence-electron chi connectivity index (χ2n) is 5.52. The van der Waals surface area contributed by atoms with Crippen LogP contribution in [0.25, 0.3) is 0 Å². The monoisotopic (exact) mass is 323 g/mol. The molecule has 0 aliphatic rings. The van der Waals surface area contributed by atoms with Crippen molar-refractivity contribution in [2.45, 2.75) is 33.2 Å². The second kappa shape index (κ2) is 7.43. The molecule has 1 rings (SSSR count). The summed E-state index contributed by atoms with van der Waals surface area (Å²) in [5, 5.41) is 24.1. The molecule has 1 aromatic carbocycles. The number of non-ortho nitro benzene ring substituents is 2. The molecule has 0 fully saturated rings. The maximum absolute atomic E-state index is 12.2. The Labute approximate surface area is 132 Å². The summed E-state index contributed by atoms with van der Waals surface area (Å²) in [6.45, 7) is 5.07. The first kappa shape index (κ1) is 18.2. The third-order valence-electron chi connectivity index (χ3n) is 3.09. The van der Waals surface area contributed by atoms with Crippen molar-refractivity contribution < 1.29 is 19.4 Å². The summed E-state index contributed by atoms with van der Waals surface area (Å²) in [7, 11) is 0. The summed E-state index contributed by atoms with van der Waals surface area (Å²) >= 11 is 0. The van der Waals surface area contributed by atoms with Crippen molar-refractivity contribution >= 4 is 23.1 Å². The molecular weight excluding hydrogens is 306 g/mol. The van der Waals surface area contributed by atoms with Crippen LogP contribution in [0.1, 0.15) is 37.6 Å². The number of ketones is 1. The molecule has 0 bridgehead atoms. The van der Waals surface area contributed by atoms with Gasteiger partial charge in [0.15, 0.2) is 5.78 Å². The molecule has 0 aliphatic carbocycles.